The summed E-state index contributed by atoms with van der Waals surface area (Å²) in [4.78, 5) is 29.8. The van der Waals surface area contributed by atoms with E-state index in [0.717, 1.165) is 5.56 Å². The van der Waals surface area contributed by atoms with Crippen LogP contribution in [0.25, 0.3) is 0 Å². The van der Waals surface area contributed by atoms with Crippen molar-refractivity contribution in [3.63, 3.8) is 0 Å². The molecule has 8 heteroatoms. The van der Waals surface area contributed by atoms with E-state index in [1.807, 2.05) is 6.92 Å². The number of hydroxylamine groups is 1. The summed E-state index contributed by atoms with van der Waals surface area (Å²) in [6.45, 7) is 2.49. The Hall–Kier alpha value is -3.13. The molecule has 2 heterocycles. The fourth-order valence-corrected chi connectivity index (χ4v) is 2.56. The first kappa shape index (κ1) is 16.7. The van der Waals surface area contributed by atoms with Crippen LogP contribution in [0.5, 0.6) is 5.75 Å². The number of hydrogen-bond acceptors (Lipinski definition) is 5. The topological polar surface area (TPSA) is 104 Å². The molecule has 3 rings (SSSR count). The number of amides is 3. The molecule has 0 fully saturated rings. The summed E-state index contributed by atoms with van der Waals surface area (Å²) in [5, 5.41) is 11.5. The molecule has 0 aliphatic carbocycles. The number of rotatable bonds is 2. The molecule has 8 nitrogen and oxygen atoms in total. The molecule has 1 aliphatic heterocycles. The van der Waals surface area contributed by atoms with E-state index in [2.05, 4.69) is 10.3 Å². The van der Waals surface area contributed by atoms with Gasteiger partial charge >= 0.3 is 6.03 Å². The van der Waals surface area contributed by atoms with Crippen molar-refractivity contribution in [2.75, 3.05) is 11.9 Å². The third kappa shape index (κ3) is 3.69. The SMILES string of the molecule is C[C@H]1COc2cc(C(=O)NO)ccc2CN1C(=O)Nc1ccccn1. The summed E-state index contributed by atoms with van der Waals surface area (Å²) in [6, 6.07) is 9.65. The van der Waals surface area contributed by atoms with E-state index in [1.165, 1.54) is 0 Å². The van der Waals surface area contributed by atoms with E-state index in [-0.39, 0.29) is 24.2 Å². The van der Waals surface area contributed by atoms with Gasteiger partial charge in [-0.1, -0.05) is 12.1 Å². The average molecular weight is 342 g/mol. The molecule has 2 aromatic rings. The number of urea groups is 1. The molecular weight excluding hydrogens is 324 g/mol. The first-order valence-electron chi connectivity index (χ1n) is 7.77. The third-order valence-corrected chi connectivity index (χ3v) is 3.94. The second-order valence-electron chi connectivity index (χ2n) is 5.70. The zero-order chi connectivity index (χ0) is 17.8. The lowest BCUT2D eigenvalue weighted by Crippen LogP contribution is -2.42. The highest BCUT2D eigenvalue weighted by molar-refractivity contribution is 5.94. The lowest BCUT2D eigenvalue weighted by molar-refractivity contribution is 0.0706. The second kappa shape index (κ2) is 7.18. The lowest BCUT2D eigenvalue weighted by Gasteiger charge is -2.26. The molecule has 0 bridgehead atoms. The molecule has 0 saturated heterocycles. The fraction of sp³-hybridized carbons (Fsp3) is 0.235. The van der Waals surface area contributed by atoms with Crippen LogP contribution in [0.4, 0.5) is 10.6 Å². The molecule has 1 atom stereocenters. The van der Waals surface area contributed by atoms with E-state index in [9.17, 15) is 9.59 Å². The molecule has 0 saturated carbocycles. The minimum absolute atomic E-state index is 0.175. The van der Waals surface area contributed by atoms with Crippen LogP contribution < -0.4 is 15.5 Å². The highest BCUT2D eigenvalue weighted by atomic mass is 16.5. The quantitative estimate of drug-likeness (QED) is 0.572. The van der Waals surface area contributed by atoms with Crippen molar-refractivity contribution in [1.82, 2.24) is 15.4 Å². The molecule has 1 aromatic heterocycles. The molecule has 130 valence electrons. The van der Waals surface area contributed by atoms with Gasteiger partial charge in [0.15, 0.2) is 0 Å². The van der Waals surface area contributed by atoms with Gasteiger partial charge in [-0.25, -0.2) is 15.3 Å². The maximum Gasteiger partial charge on any atom is 0.323 e. The number of carbonyl (C=O) groups excluding carboxylic acids is 2. The Bertz CT molecular complexity index is 781. The number of carbonyl (C=O) groups is 2. The Morgan fingerprint density at radius 3 is 2.88 bits per heavy atom. The Morgan fingerprint density at radius 1 is 1.32 bits per heavy atom. The van der Waals surface area contributed by atoms with Crippen molar-refractivity contribution >= 4 is 17.8 Å². The summed E-state index contributed by atoms with van der Waals surface area (Å²) in [7, 11) is 0. The van der Waals surface area contributed by atoms with Crippen molar-refractivity contribution in [2.45, 2.75) is 19.5 Å². The third-order valence-electron chi connectivity index (χ3n) is 3.94. The van der Waals surface area contributed by atoms with E-state index < -0.39 is 5.91 Å². The van der Waals surface area contributed by atoms with Gasteiger partial charge in [0.1, 0.15) is 18.2 Å². The summed E-state index contributed by atoms with van der Waals surface area (Å²) in [5.74, 6) is 0.370. The number of anilines is 1. The fourth-order valence-electron chi connectivity index (χ4n) is 2.56. The second-order valence-corrected chi connectivity index (χ2v) is 5.70. The molecule has 0 unspecified atom stereocenters. The van der Waals surface area contributed by atoms with E-state index in [4.69, 9.17) is 9.94 Å². The van der Waals surface area contributed by atoms with E-state index in [1.54, 1.807) is 53.0 Å². The standard InChI is InChI=1S/C17H18N4O4/c1-11-10-25-14-8-12(16(22)20-24)5-6-13(14)9-21(11)17(23)19-15-4-2-3-7-18-15/h2-8,11,24H,9-10H2,1H3,(H,20,22)(H,18,19,23)/t11-/m0/s1. The number of ether oxygens (including phenoxy) is 1. The first-order valence-corrected chi connectivity index (χ1v) is 7.77. The van der Waals surface area contributed by atoms with Gasteiger partial charge in [0.2, 0.25) is 0 Å². The van der Waals surface area contributed by atoms with Crippen LogP contribution in [-0.4, -0.2) is 39.7 Å². The minimum Gasteiger partial charge on any atom is -0.491 e. The van der Waals surface area contributed by atoms with Crippen LogP contribution in [0.1, 0.15) is 22.8 Å². The number of hydrogen-bond donors (Lipinski definition) is 3. The zero-order valence-electron chi connectivity index (χ0n) is 13.6. The van der Waals surface area contributed by atoms with Crippen LogP contribution in [0.3, 0.4) is 0 Å². The zero-order valence-corrected chi connectivity index (χ0v) is 13.6. The molecule has 25 heavy (non-hydrogen) atoms. The number of benzene rings is 1. The Labute approximate surface area is 144 Å². The van der Waals surface area contributed by atoms with Crippen molar-refractivity contribution in [3.05, 3.63) is 53.7 Å². The summed E-state index contributed by atoms with van der Waals surface area (Å²) in [6.07, 6.45) is 1.60. The maximum absolute atomic E-state index is 12.6. The van der Waals surface area contributed by atoms with Crippen molar-refractivity contribution in [2.24, 2.45) is 0 Å². The normalized spacial score (nSPS) is 16.2. The van der Waals surface area contributed by atoms with Gasteiger partial charge in [-0.15, -0.1) is 0 Å². The highest BCUT2D eigenvalue weighted by Crippen LogP contribution is 2.27. The Balaban J connectivity index is 1.80. The van der Waals surface area contributed by atoms with Crippen molar-refractivity contribution in [3.8, 4) is 5.75 Å². The molecular formula is C17H18N4O4. The van der Waals surface area contributed by atoms with Crippen LogP contribution >= 0.6 is 0 Å². The van der Waals surface area contributed by atoms with Crippen LogP contribution in [0.2, 0.25) is 0 Å². The maximum atomic E-state index is 12.6. The van der Waals surface area contributed by atoms with Gasteiger partial charge in [0.25, 0.3) is 5.91 Å². The summed E-state index contributed by atoms with van der Waals surface area (Å²) in [5.41, 5.74) is 2.64. The van der Waals surface area contributed by atoms with E-state index >= 15 is 0 Å². The van der Waals surface area contributed by atoms with E-state index in [0.29, 0.717) is 18.1 Å². The Kier molecular flexibility index (Phi) is 4.80. The van der Waals surface area contributed by atoms with Crippen molar-refractivity contribution < 1.29 is 19.5 Å². The van der Waals surface area contributed by atoms with Gasteiger partial charge in [0, 0.05) is 17.3 Å². The number of pyridine rings is 1. The van der Waals surface area contributed by atoms with Gasteiger partial charge < -0.3 is 9.64 Å². The highest BCUT2D eigenvalue weighted by Gasteiger charge is 2.26. The van der Waals surface area contributed by atoms with Crippen LogP contribution in [0, 0.1) is 0 Å². The molecule has 0 radical (unpaired) electrons. The van der Waals surface area contributed by atoms with Gasteiger partial charge in [0.05, 0.1) is 12.6 Å². The average Bonchev–Trinajstić information content (AvgIpc) is 2.80. The number of fused-ring (bicyclic) bond motifs is 1. The summed E-state index contributed by atoms with van der Waals surface area (Å²) >= 11 is 0. The van der Waals surface area contributed by atoms with Gasteiger partial charge in [-0.2, -0.15) is 0 Å². The smallest absolute Gasteiger partial charge is 0.323 e. The predicted molar refractivity (Wildman–Crippen MR) is 89.5 cm³/mol. The largest absolute Gasteiger partial charge is 0.491 e. The number of nitrogens with one attached hydrogen (secondary N) is 2. The number of nitrogens with zero attached hydrogens (tertiary/aromatic N) is 2. The lowest BCUT2D eigenvalue weighted by atomic mass is 10.1. The minimum atomic E-state index is -0.617. The Morgan fingerprint density at radius 2 is 2.16 bits per heavy atom. The monoisotopic (exact) mass is 342 g/mol. The molecule has 1 aliphatic rings. The predicted octanol–water partition coefficient (Wildman–Crippen LogP) is 2.02. The molecule has 1 aromatic carbocycles. The first-order chi connectivity index (χ1) is 12.1. The van der Waals surface area contributed by atoms with Crippen molar-refractivity contribution in [1.29, 1.82) is 0 Å². The molecule has 3 amide bonds. The number of aromatic nitrogens is 1. The summed E-state index contributed by atoms with van der Waals surface area (Å²) < 4.78 is 5.73. The van der Waals surface area contributed by atoms with Crippen LogP contribution in [-0.2, 0) is 6.54 Å². The van der Waals surface area contributed by atoms with Gasteiger partial charge in [-0.3, -0.25) is 15.3 Å². The molecule has 3 N–H and O–H groups in total. The molecule has 0 spiro atoms. The van der Waals surface area contributed by atoms with Gasteiger partial charge in [-0.05, 0) is 31.2 Å². The van der Waals surface area contributed by atoms with Crippen LogP contribution in [0.15, 0.2) is 42.6 Å².